The van der Waals surface area contributed by atoms with Gasteiger partial charge in [-0.15, -0.1) is 0 Å². The number of hydrogen-bond acceptors (Lipinski definition) is 4. The number of hydrogen-bond donors (Lipinski definition) is 0. The van der Waals surface area contributed by atoms with Gasteiger partial charge in [0.2, 0.25) is 6.30 Å². The molecule has 124 valence electrons. The summed E-state index contributed by atoms with van der Waals surface area (Å²) in [6.07, 6.45) is -8.79. The molecule has 1 fully saturated rings. The molecule has 1 saturated heterocycles. The average Bonchev–Trinajstić information content (AvgIpc) is 2.27. The van der Waals surface area contributed by atoms with Crippen LogP contribution in [0, 0.1) is 5.41 Å². The Bertz CT molecular complexity index is 376. The van der Waals surface area contributed by atoms with Crippen LogP contribution in [0.2, 0.25) is 0 Å². The van der Waals surface area contributed by atoms with Gasteiger partial charge >= 0.3 is 115 Å². The molecule has 1 atom stereocenters. The second-order valence-corrected chi connectivity index (χ2v) is 5.65. The van der Waals surface area contributed by atoms with Crippen molar-refractivity contribution in [1.82, 2.24) is 9.80 Å². The number of halogens is 6. The maximum Gasteiger partial charge on any atom is 1.00 e. The monoisotopic (exact) mass is 398 g/mol. The summed E-state index contributed by atoms with van der Waals surface area (Å²) in [5.41, 5.74) is -2.37. The molecule has 23 heavy (non-hydrogen) atoms. The van der Waals surface area contributed by atoms with E-state index >= 15 is 0 Å². The fraction of sp³-hybridized carbons (Fsp3) is 1.00. The maximum absolute atomic E-state index is 13.8. The molecule has 0 bridgehead atoms. The summed E-state index contributed by atoms with van der Waals surface area (Å²) in [6, 6.07) is -4.17. The van der Waals surface area contributed by atoms with Crippen LogP contribution in [0.4, 0.5) is 26.3 Å². The van der Waals surface area contributed by atoms with Gasteiger partial charge in [-0.05, 0) is 13.8 Å². The Morgan fingerprint density at radius 3 is 2.00 bits per heavy atom. The van der Waals surface area contributed by atoms with Crippen molar-refractivity contribution in [2.45, 2.75) is 32.4 Å². The minimum Gasteiger partial charge on any atom is -0.892 e. The molecule has 1 aliphatic heterocycles. The summed E-state index contributed by atoms with van der Waals surface area (Å²) in [6.45, 7) is -0.351. The number of nitrogens with zero attached hydrogens (tertiary/aromatic N) is 2. The van der Waals surface area contributed by atoms with Crippen LogP contribution in [-0.4, -0.2) is 61.5 Å². The van der Waals surface area contributed by atoms with Crippen molar-refractivity contribution in [1.29, 1.82) is 0 Å². The van der Waals surface area contributed by atoms with E-state index in [1.165, 1.54) is 0 Å². The predicted octanol–water partition coefficient (Wildman–Crippen LogP) is -6.16. The van der Waals surface area contributed by atoms with Crippen LogP contribution in [0.5, 0.6) is 0 Å². The minimum absolute atomic E-state index is 0. The molecular weight excluding hydrogens is 383 g/mol. The third-order valence-electron chi connectivity index (χ3n) is 3.42. The van der Waals surface area contributed by atoms with Gasteiger partial charge in [0.15, 0.2) is 0 Å². The molecule has 1 heterocycles. The molecular formula is C10H15BF6K2N2O2. The van der Waals surface area contributed by atoms with E-state index < -0.39 is 57.1 Å². The van der Waals surface area contributed by atoms with Crippen LogP contribution in [0.3, 0.4) is 0 Å². The molecule has 4 nitrogen and oxygen atoms in total. The minimum atomic E-state index is -4.67. The fourth-order valence-electron chi connectivity index (χ4n) is 2.03. The van der Waals surface area contributed by atoms with E-state index in [4.69, 9.17) is 0 Å². The molecule has 0 aromatic carbocycles. The Morgan fingerprint density at radius 2 is 1.61 bits per heavy atom. The maximum atomic E-state index is 13.8. The Hall–Kier alpha value is 2.76. The van der Waals surface area contributed by atoms with Gasteiger partial charge in [-0.2, -0.15) is 22.0 Å². The first-order valence-corrected chi connectivity index (χ1v) is 6.18. The largest absolute Gasteiger partial charge is 1.00 e. The summed E-state index contributed by atoms with van der Waals surface area (Å²) in [5, 5.41) is 20.8. The SMILES string of the molecule is CC(C)(CN1CCN(CB([O-])[O-])C(F)(F)C1F)C(F)(F)F.[K+].[K+]. The van der Waals surface area contributed by atoms with Crippen LogP contribution in [-0.2, 0) is 0 Å². The Kier molecular flexibility index (Phi) is 12.6. The van der Waals surface area contributed by atoms with Crippen molar-refractivity contribution in [3.63, 3.8) is 0 Å². The van der Waals surface area contributed by atoms with Crippen molar-refractivity contribution in [3.05, 3.63) is 0 Å². The van der Waals surface area contributed by atoms with Gasteiger partial charge in [-0.25, -0.2) is 4.39 Å². The first kappa shape index (κ1) is 28.0. The summed E-state index contributed by atoms with van der Waals surface area (Å²) < 4.78 is 79.4. The second-order valence-electron chi connectivity index (χ2n) is 5.65. The summed E-state index contributed by atoms with van der Waals surface area (Å²) in [7, 11) is -2.58. The summed E-state index contributed by atoms with van der Waals surface area (Å²) in [5.74, 6) is 0. The molecule has 1 rings (SSSR count). The first-order chi connectivity index (χ1) is 9.29. The van der Waals surface area contributed by atoms with E-state index in [0.717, 1.165) is 13.8 Å². The second kappa shape index (κ2) is 10.3. The van der Waals surface area contributed by atoms with E-state index in [9.17, 15) is 36.4 Å². The zero-order valence-corrected chi connectivity index (χ0v) is 19.7. The van der Waals surface area contributed by atoms with Crippen molar-refractivity contribution in [2.75, 3.05) is 26.1 Å². The van der Waals surface area contributed by atoms with Gasteiger partial charge in [0.05, 0.1) is 5.41 Å². The molecule has 1 aliphatic rings. The van der Waals surface area contributed by atoms with Crippen LogP contribution in [0.15, 0.2) is 0 Å². The van der Waals surface area contributed by atoms with E-state index in [1.807, 2.05) is 0 Å². The van der Waals surface area contributed by atoms with Crippen LogP contribution in [0.1, 0.15) is 13.8 Å². The number of piperazine rings is 1. The van der Waals surface area contributed by atoms with Gasteiger partial charge in [-0.1, -0.05) is 13.6 Å². The molecule has 0 amide bonds. The summed E-state index contributed by atoms with van der Waals surface area (Å²) >= 11 is 0. The van der Waals surface area contributed by atoms with Gasteiger partial charge in [-0.3, -0.25) is 9.80 Å². The van der Waals surface area contributed by atoms with Gasteiger partial charge in [0, 0.05) is 19.6 Å². The molecule has 0 aliphatic carbocycles. The molecule has 0 N–H and O–H groups in total. The van der Waals surface area contributed by atoms with Crippen LogP contribution >= 0.6 is 0 Å². The van der Waals surface area contributed by atoms with E-state index in [0.29, 0.717) is 4.90 Å². The number of rotatable bonds is 4. The Labute approximate surface area is 216 Å². The van der Waals surface area contributed by atoms with Gasteiger partial charge < -0.3 is 10.0 Å². The van der Waals surface area contributed by atoms with Crippen LogP contribution < -0.4 is 113 Å². The van der Waals surface area contributed by atoms with Crippen molar-refractivity contribution in [3.8, 4) is 0 Å². The van der Waals surface area contributed by atoms with Crippen molar-refractivity contribution in [2.24, 2.45) is 5.41 Å². The van der Waals surface area contributed by atoms with Crippen LogP contribution in [0.25, 0.3) is 0 Å². The predicted molar refractivity (Wildman–Crippen MR) is 58.6 cm³/mol. The molecule has 1 unspecified atom stereocenters. The van der Waals surface area contributed by atoms with E-state index in [1.54, 1.807) is 0 Å². The zero-order valence-electron chi connectivity index (χ0n) is 13.5. The normalized spacial score (nSPS) is 23.0. The molecule has 0 aromatic heterocycles. The third kappa shape index (κ3) is 7.35. The topological polar surface area (TPSA) is 52.6 Å². The molecule has 13 heteroatoms. The number of alkyl halides is 6. The molecule has 0 aromatic rings. The molecule has 0 spiro atoms. The smallest absolute Gasteiger partial charge is 0.892 e. The first-order valence-electron chi connectivity index (χ1n) is 6.18. The van der Waals surface area contributed by atoms with Gasteiger partial charge in [0.25, 0.3) is 0 Å². The zero-order chi connectivity index (χ0) is 16.6. The Balaban J connectivity index is 0. The van der Waals surface area contributed by atoms with Gasteiger partial charge in [0.1, 0.15) is 0 Å². The van der Waals surface area contributed by atoms with E-state index in [2.05, 4.69) is 0 Å². The van der Waals surface area contributed by atoms with Crippen molar-refractivity contribution < 1.29 is 139 Å². The quantitative estimate of drug-likeness (QED) is 0.269. The average molecular weight is 398 g/mol. The molecule has 0 radical (unpaired) electrons. The standard InChI is InChI=1S/C10H15BF6N2O2.2K/c1-8(2,10(15,16)17)5-18-3-4-19(6-11(20)21)9(13,14)7(18)12;;/h7H,3-6H2,1-2H3;;/q-2;2*+1. The van der Waals surface area contributed by atoms with E-state index in [-0.39, 0.29) is 108 Å². The Morgan fingerprint density at radius 1 is 1.13 bits per heavy atom. The molecule has 0 saturated carbocycles. The summed E-state index contributed by atoms with van der Waals surface area (Å²) in [4.78, 5) is 0.466. The van der Waals surface area contributed by atoms with Crippen molar-refractivity contribution >= 4 is 7.12 Å². The fourth-order valence-corrected chi connectivity index (χ4v) is 2.03. The third-order valence-corrected chi connectivity index (χ3v) is 3.42.